The average molecular weight is 569 g/mol. The van der Waals surface area contributed by atoms with Crippen LogP contribution in [0.3, 0.4) is 0 Å². The van der Waals surface area contributed by atoms with Crippen LogP contribution in [0.2, 0.25) is 0 Å². The first-order valence-electron chi connectivity index (χ1n) is 13.6. The van der Waals surface area contributed by atoms with Crippen LogP contribution in [0.25, 0.3) is 6.08 Å². The van der Waals surface area contributed by atoms with Crippen LogP contribution in [0, 0.1) is 0 Å². The lowest BCUT2D eigenvalue weighted by Gasteiger charge is -2.25. The normalized spacial score (nSPS) is 15.0. The molecule has 0 amide bonds. The van der Waals surface area contributed by atoms with Crippen molar-refractivity contribution >= 4 is 23.4 Å². The van der Waals surface area contributed by atoms with E-state index in [1.807, 2.05) is 91.9 Å². The molecule has 41 heavy (non-hydrogen) atoms. The molecule has 0 bridgehead atoms. The Bertz CT molecular complexity index is 1750. The van der Waals surface area contributed by atoms with E-state index in [9.17, 15) is 9.59 Å². The van der Waals surface area contributed by atoms with Gasteiger partial charge in [0.1, 0.15) is 18.1 Å². The Hall–Kier alpha value is -4.43. The summed E-state index contributed by atoms with van der Waals surface area (Å²) in [5.41, 5.74) is 3.31. The first kappa shape index (κ1) is 28.1. The molecule has 3 aromatic carbocycles. The van der Waals surface area contributed by atoms with E-state index in [0.29, 0.717) is 45.3 Å². The van der Waals surface area contributed by atoms with Crippen LogP contribution < -0.4 is 24.4 Å². The summed E-state index contributed by atoms with van der Waals surface area (Å²) in [7, 11) is 0. The summed E-state index contributed by atoms with van der Waals surface area (Å²) in [6.07, 6.45) is 1.52. The second-order valence-electron chi connectivity index (χ2n) is 9.88. The monoisotopic (exact) mass is 568 g/mol. The number of benzene rings is 3. The molecule has 1 aliphatic heterocycles. The first-order chi connectivity index (χ1) is 19.8. The van der Waals surface area contributed by atoms with E-state index in [1.165, 1.54) is 11.3 Å². The summed E-state index contributed by atoms with van der Waals surface area (Å²) in [6, 6.07) is 24.3. The van der Waals surface area contributed by atoms with Crippen molar-refractivity contribution in [2.24, 2.45) is 4.99 Å². The Labute approximate surface area is 242 Å². The molecule has 0 saturated carbocycles. The van der Waals surface area contributed by atoms with E-state index >= 15 is 0 Å². The van der Waals surface area contributed by atoms with Gasteiger partial charge in [0.05, 0.1) is 34.6 Å². The van der Waals surface area contributed by atoms with Crippen LogP contribution in [0.5, 0.6) is 11.5 Å². The van der Waals surface area contributed by atoms with Gasteiger partial charge in [-0.1, -0.05) is 65.9 Å². The van der Waals surface area contributed by atoms with Crippen molar-refractivity contribution < 1.29 is 19.0 Å². The number of ether oxygens (including phenoxy) is 3. The van der Waals surface area contributed by atoms with Gasteiger partial charge >= 0.3 is 5.97 Å². The van der Waals surface area contributed by atoms with Crippen LogP contribution in [-0.2, 0) is 16.1 Å². The standard InChI is InChI=1S/C33H32N2O5S/c1-5-38-26-16-14-25(15-17-26)30-29(32(37)40-21(2)3)22(4)34-33-35(30)31(36)28(41-33)19-24-12-9-13-27(18-24)39-20-23-10-7-6-8-11-23/h6-19,21,30H,5,20H2,1-4H3/b28-19+/t30-/m1/s1. The molecule has 0 aliphatic carbocycles. The minimum absolute atomic E-state index is 0.231. The van der Waals surface area contributed by atoms with Crippen molar-refractivity contribution in [1.82, 2.24) is 4.57 Å². The maximum absolute atomic E-state index is 13.9. The molecular formula is C33H32N2O5S. The van der Waals surface area contributed by atoms with Gasteiger partial charge in [-0.25, -0.2) is 9.79 Å². The fraction of sp³-hybridized carbons (Fsp3) is 0.242. The van der Waals surface area contributed by atoms with Crippen LogP contribution >= 0.6 is 11.3 Å². The predicted molar refractivity (Wildman–Crippen MR) is 160 cm³/mol. The molecule has 0 fully saturated rings. The van der Waals surface area contributed by atoms with E-state index in [-0.39, 0.29) is 11.7 Å². The lowest BCUT2D eigenvalue weighted by atomic mass is 9.96. The number of hydrogen-bond acceptors (Lipinski definition) is 7. The van der Waals surface area contributed by atoms with E-state index < -0.39 is 12.0 Å². The molecule has 1 aromatic heterocycles. The number of hydrogen-bond donors (Lipinski definition) is 0. The molecule has 0 N–H and O–H groups in total. The predicted octanol–water partition coefficient (Wildman–Crippen LogP) is 5.16. The van der Waals surface area contributed by atoms with Gasteiger partial charge < -0.3 is 14.2 Å². The summed E-state index contributed by atoms with van der Waals surface area (Å²) in [5, 5.41) is 0. The van der Waals surface area contributed by atoms with Gasteiger partial charge in [-0.15, -0.1) is 0 Å². The second-order valence-corrected chi connectivity index (χ2v) is 10.9. The summed E-state index contributed by atoms with van der Waals surface area (Å²) >= 11 is 1.29. The van der Waals surface area contributed by atoms with Crippen molar-refractivity contribution in [2.75, 3.05) is 6.61 Å². The van der Waals surface area contributed by atoms with E-state index in [4.69, 9.17) is 14.2 Å². The largest absolute Gasteiger partial charge is 0.494 e. The highest BCUT2D eigenvalue weighted by Gasteiger charge is 2.33. The van der Waals surface area contributed by atoms with Gasteiger partial charge in [-0.2, -0.15) is 0 Å². The molecular weight excluding hydrogens is 536 g/mol. The smallest absolute Gasteiger partial charge is 0.338 e. The van der Waals surface area contributed by atoms with Crippen molar-refractivity contribution in [3.05, 3.63) is 127 Å². The molecule has 2 heterocycles. The minimum atomic E-state index is -0.684. The van der Waals surface area contributed by atoms with E-state index in [0.717, 1.165) is 16.7 Å². The van der Waals surface area contributed by atoms with Gasteiger partial charge in [-0.05, 0) is 74.7 Å². The third-order valence-corrected chi connectivity index (χ3v) is 7.48. The zero-order chi connectivity index (χ0) is 28.9. The highest BCUT2D eigenvalue weighted by Crippen LogP contribution is 2.32. The fourth-order valence-electron chi connectivity index (χ4n) is 4.68. The molecule has 5 rings (SSSR count). The van der Waals surface area contributed by atoms with E-state index in [2.05, 4.69) is 4.99 Å². The summed E-state index contributed by atoms with van der Waals surface area (Å²) in [5.74, 6) is 0.930. The molecule has 0 spiro atoms. The van der Waals surface area contributed by atoms with Crippen molar-refractivity contribution in [2.45, 2.75) is 46.4 Å². The van der Waals surface area contributed by atoms with Gasteiger partial charge in [0.25, 0.3) is 5.56 Å². The summed E-state index contributed by atoms with van der Waals surface area (Å²) in [4.78, 5) is 32.4. The van der Waals surface area contributed by atoms with E-state index in [1.54, 1.807) is 25.3 Å². The van der Waals surface area contributed by atoms with Gasteiger partial charge in [0.15, 0.2) is 4.80 Å². The molecule has 0 saturated heterocycles. The number of carbonyl (C=O) groups excluding carboxylic acids is 1. The van der Waals surface area contributed by atoms with Crippen LogP contribution in [-0.4, -0.2) is 23.2 Å². The molecule has 8 heteroatoms. The average Bonchev–Trinajstić information content (AvgIpc) is 3.26. The van der Waals surface area contributed by atoms with Crippen LogP contribution in [0.4, 0.5) is 0 Å². The number of thiazole rings is 1. The Balaban J connectivity index is 1.55. The van der Waals surface area contributed by atoms with Crippen LogP contribution in [0.1, 0.15) is 50.4 Å². The molecule has 4 aromatic rings. The molecule has 210 valence electrons. The number of esters is 1. The number of allylic oxidation sites excluding steroid dienone is 1. The number of rotatable bonds is 9. The SMILES string of the molecule is CCOc1ccc([C@@H]2C(C(=O)OC(C)C)=C(C)N=c3s/c(=C/c4cccc(OCc5ccccc5)c4)c(=O)n32)cc1. The van der Waals surface area contributed by atoms with Crippen molar-refractivity contribution in [3.8, 4) is 11.5 Å². The van der Waals surface area contributed by atoms with Crippen molar-refractivity contribution in [1.29, 1.82) is 0 Å². The number of nitrogens with zero attached hydrogens (tertiary/aromatic N) is 2. The third-order valence-electron chi connectivity index (χ3n) is 6.50. The van der Waals surface area contributed by atoms with Gasteiger partial charge in [0, 0.05) is 0 Å². The highest BCUT2D eigenvalue weighted by molar-refractivity contribution is 7.07. The van der Waals surface area contributed by atoms with Crippen molar-refractivity contribution in [3.63, 3.8) is 0 Å². The Kier molecular flexibility index (Phi) is 8.50. The molecule has 0 radical (unpaired) electrons. The Morgan fingerprint density at radius 1 is 1.00 bits per heavy atom. The Morgan fingerprint density at radius 2 is 1.76 bits per heavy atom. The third kappa shape index (κ3) is 6.33. The maximum Gasteiger partial charge on any atom is 0.338 e. The minimum Gasteiger partial charge on any atom is -0.494 e. The summed E-state index contributed by atoms with van der Waals surface area (Å²) in [6.45, 7) is 8.28. The van der Waals surface area contributed by atoms with Crippen LogP contribution in [0.15, 0.2) is 99.9 Å². The second kappa shape index (κ2) is 12.4. The number of fused-ring (bicyclic) bond motifs is 1. The summed E-state index contributed by atoms with van der Waals surface area (Å²) < 4.78 is 19.3. The van der Waals surface area contributed by atoms with Gasteiger partial charge in [0.2, 0.25) is 0 Å². The lowest BCUT2D eigenvalue weighted by molar-refractivity contribution is -0.143. The quantitative estimate of drug-likeness (QED) is 0.261. The number of carbonyl (C=O) groups is 1. The Morgan fingerprint density at radius 3 is 2.46 bits per heavy atom. The highest BCUT2D eigenvalue weighted by atomic mass is 32.1. The maximum atomic E-state index is 13.9. The molecule has 1 atom stereocenters. The fourth-order valence-corrected chi connectivity index (χ4v) is 5.72. The van der Waals surface area contributed by atoms with Gasteiger partial charge in [-0.3, -0.25) is 9.36 Å². The lowest BCUT2D eigenvalue weighted by Crippen LogP contribution is -2.40. The topological polar surface area (TPSA) is 79.1 Å². The molecule has 1 aliphatic rings. The zero-order valence-electron chi connectivity index (χ0n) is 23.5. The molecule has 7 nitrogen and oxygen atoms in total. The first-order valence-corrected chi connectivity index (χ1v) is 14.4. The zero-order valence-corrected chi connectivity index (χ0v) is 24.3. The number of aromatic nitrogens is 1. The molecule has 0 unspecified atom stereocenters.